The second-order valence-electron chi connectivity index (χ2n) is 4.51. The van der Waals surface area contributed by atoms with Crippen LogP contribution in [0.3, 0.4) is 0 Å². The number of likely N-dealkylation sites (tertiary alicyclic amines) is 1. The van der Waals surface area contributed by atoms with Crippen LogP contribution < -0.4 is 0 Å². The van der Waals surface area contributed by atoms with Crippen LogP contribution in [0.1, 0.15) is 33.6 Å². The first-order valence-electron chi connectivity index (χ1n) is 5.07. The Kier molecular flexibility index (Phi) is 3.33. The van der Waals surface area contributed by atoms with Crippen molar-refractivity contribution < 1.29 is 10.2 Å². The number of hydrogen-bond acceptors (Lipinski definition) is 3. The van der Waals surface area contributed by atoms with Crippen LogP contribution in [0.2, 0.25) is 0 Å². The van der Waals surface area contributed by atoms with E-state index in [1.807, 2.05) is 20.8 Å². The van der Waals surface area contributed by atoms with Crippen molar-refractivity contribution in [2.75, 3.05) is 13.1 Å². The van der Waals surface area contributed by atoms with Gasteiger partial charge in [-0.05, 0) is 33.6 Å². The number of rotatable bonds is 2. The Bertz CT molecular complexity index is 158. The first kappa shape index (κ1) is 11.0. The van der Waals surface area contributed by atoms with Crippen molar-refractivity contribution in [3.05, 3.63) is 0 Å². The number of aliphatic hydroxyl groups is 2. The summed E-state index contributed by atoms with van der Waals surface area (Å²) in [5.74, 6) is 0. The fourth-order valence-corrected chi connectivity index (χ4v) is 1.72. The fourth-order valence-electron chi connectivity index (χ4n) is 1.72. The SMILES string of the molecule is CC(O)C(C)N1CCC(C)(O)CC1. The molecule has 0 radical (unpaired) electrons. The molecule has 0 aliphatic carbocycles. The number of aliphatic hydroxyl groups excluding tert-OH is 1. The van der Waals surface area contributed by atoms with Crippen LogP contribution in [0.5, 0.6) is 0 Å². The van der Waals surface area contributed by atoms with E-state index in [0.29, 0.717) is 0 Å². The molecule has 0 aromatic heterocycles. The smallest absolute Gasteiger partial charge is 0.0664 e. The first-order valence-corrected chi connectivity index (χ1v) is 5.07. The fraction of sp³-hybridized carbons (Fsp3) is 1.00. The summed E-state index contributed by atoms with van der Waals surface area (Å²) in [7, 11) is 0. The van der Waals surface area contributed by atoms with E-state index in [2.05, 4.69) is 4.90 Å². The minimum atomic E-state index is -0.491. The maximum Gasteiger partial charge on any atom is 0.0664 e. The maximum absolute atomic E-state index is 9.72. The van der Waals surface area contributed by atoms with Gasteiger partial charge in [-0.25, -0.2) is 0 Å². The van der Waals surface area contributed by atoms with Gasteiger partial charge in [0.1, 0.15) is 0 Å². The highest BCUT2D eigenvalue weighted by atomic mass is 16.3. The molecule has 1 heterocycles. The van der Waals surface area contributed by atoms with Crippen molar-refractivity contribution in [1.82, 2.24) is 4.90 Å². The van der Waals surface area contributed by atoms with Gasteiger partial charge in [-0.15, -0.1) is 0 Å². The molecule has 1 fully saturated rings. The highest BCUT2D eigenvalue weighted by Crippen LogP contribution is 2.23. The van der Waals surface area contributed by atoms with Gasteiger partial charge in [0.05, 0.1) is 11.7 Å². The topological polar surface area (TPSA) is 43.7 Å². The molecule has 1 aliphatic heterocycles. The summed E-state index contributed by atoms with van der Waals surface area (Å²) in [4.78, 5) is 2.24. The number of nitrogens with zero attached hydrogens (tertiary/aromatic N) is 1. The predicted molar refractivity (Wildman–Crippen MR) is 52.6 cm³/mol. The molecule has 78 valence electrons. The molecule has 1 saturated heterocycles. The van der Waals surface area contributed by atoms with Crippen molar-refractivity contribution in [3.8, 4) is 0 Å². The molecule has 13 heavy (non-hydrogen) atoms. The van der Waals surface area contributed by atoms with Gasteiger partial charge in [0.2, 0.25) is 0 Å². The van der Waals surface area contributed by atoms with Gasteiger partial charge in [-0.1, -0.05) is 0 Å². The lowest BCUT2D eigenvalue weighted by Crippen LogP contribution is -2.49. The predicted octanol–water partition coefficient (Wildman–Crippen LogP) is 0.603. The second-order valence-corrected chi connectivity index (χ2v) is 4.51. The van der Waals surface area contributed by atoms with Gasteiger partial charge in [-0.2, -0.15) is 0 Å². The molecule has 2 N–H and O–H groups in total. The van der Waals surface area contributed by atoms with Crippen LogP contribution in [0.4, 0.5) is 0 Å². The monoisotopic (exact) mass is 187 g/mol. The summed E-state index contributed by atoms with van der Waals surface area (Å²) < 4.78 is 0. The molecule has 3 heteroatoms. The zero-order chi connectivity index (χ0) is 10.1. The van der Waals surface area contributed by atoms with Crippen molar-refractivity contribution in [2.24, 2.45) is 0 Å². The van der Waals surface area contributed by atoms with Gasteiger partial charge in [-0.3, -0.25) is 4.90 Å². The van der Waals surface area contributed by atoms with Crippen molar-refractivity contribution >= 4 is 0 Å². The molecule has 0 aromatic carbocycles. The number of piperidine rings is 1. The number of hydrogen-bond donors (Lipinski definition) is 2. The van der Waals surface area contributed by atoms with Crippen LogP contribution >= 0.6 is 0 Å². The zero-order valence-electron chi connectivity index (χ0n) is 8.82. The summed E-state index contributed by atoms with van der Waals surface area (Å²) in [6.07, 6.45) is 1.33. The van der Waals surface area contributed by atoms with Crippen LogP contribution in [-0.2, 0) is 0 Å². The third-order valence-electron chi connectivity index (χ3n) is 3.15. The Morgan fingerprint density at radius 2 is 1.69 bits per heavy atom. The Balaban J connectivity index is 2.41. The van der Waals surface area contributed by atoms with E-state index in [9.17, 15) is 10.2 Å². The molecule has 0 aromatic rings. The summed E-state index contributed by atoms with van der Waals surface area (Å²) in [5.41, 5.74) is -0.491. The molecule has 0 bridgehead atoms. The Hall–Kier alpha value is -0.120. The normalized spacial score (nSPS) is 28.4. The molecule has 3 nitrogen and oxygen atoms in total. The van der Waals surface area contributed by atoms with Crippen molar-refractivity contribution in [2.45, 2.75) is 51.4 Å². The van der Waals surface area contributed by atoms with Crippen molar-refractivity contribution in [1.29, 1.82) is 0 Å². The Morgan fingerprint density at radius 1 is 1.23 bits per heavy atom. The average molecular weight is 187 g/mol. The van der Waals surface area contributed by atoms with Gasteiger partial charge in [0, 0.05) is 19.1 Å². The lowest BCUT2D eigenvalue weighted by Gasteiger charge is -2.39. The quantitative estimate of drug-likeness (QED) is 0.665. The largest absolute Gasteiger partial charge is 0.392 e. The van der Waals surface area contributed by atoms with Crippen LogP contribution in [0, 0.1) is 0 Å². The molecule has 0 saturated carbocycles. The van der Waals surface area contributed by atoms with Crippen LogP contribution in [0.25, 0.3) is 0 Å². The van der Waals surface area contributed by atoms with E-state index in [-0.39, 0.29) is 12.1 Å². The summed E-state index contributed by atoms with van der Waals surface area (Å²) in [6, 6.07) is 0.205. The minimum absolute atomic E-state index is 0.205. The third kappa shape index (κ3) is 2.93. The lowest BCUT2D eigenvalue weighted by molar-refractivity contribution is -0.0315. The molecule has 1 aliphatic rings. The van der Waals surface area contributed by atoms with E-state index in [4.69, 9.17) is 0 Å². The van der Waals surface area contributed by atoms with Gasteiger partial charge >= 0.3 is 0 Å². The Morgan fingerprint density at radius 3 is 2.08 bits per heavy atom. The second kappa shape index (κ2) is 3.95. The summed E-state index contributed by atoms with van der Waals surface area (Å²) >= 11 is 0. The molecule has 0 spiro atoms. The Labute approximate surface area is 80.4 Å². The lowest BCUT2D eigenvalue weighted by atomic mass is 9.92. The first-order chi connectivity index (χ1) is 5.92. The van der Waals surface area contributed by atoms with Gasteiger partial charge in [0.15, 0.2) is 0 Å². The van der Waals surface area contributed by atoms with E-state index in [1.165, 1.54) is 0 Å². The highest BCUT2D eigenvalue weighted by Gasteiger charge is 2.30. The molecule has 2 atom stereocenters. The van der Waals surface area contributed by atoms with Crippen molar-refractivity contribution in [3.63, 3.8) is 0 Å². The molecular weight excluding hydrogens is 166 g/mol. The molecule has 1 rings (SSSR count). The van der Waals surface area contributed by atoms with E-state index in [0.717, 1.165) is 25.9 Å². The molecule has 0 amide bonds. The van der Waals surface area contributed by atoms with Gasteiger partial charge in [0.25, 0.3) is 0 Å². The van der Waals surface area contributed by atoms with E-state index < -0.39 is 5.60 Å². The summed E-state index contributed by atoms with van der Waals surface area (Å²) in [6.45, 7) is 7.51. The zero-order valence-corrected chi connectivity index (χ0v) is 8.82. The van der Waals surface area contributed by atoms with E-state index in [1.54, 1.807) is 0 Å². The van der Waals surface area contributed by atoms with E-state index >= 15 is 0 Å². The minimum Gasteiger partial charge on any atom is -0.392 e. The molecular formula is C10H21NO2. The van der Waals surface area contributed by atoms with Crippen LogP contribution in [-0.4, -0.2) is 45.9 Å². The standard InChI is InChI=1S/C10H21NO2/c1-8(9(2)12)11-6-4-10(3,13)5-7-11/h8-9,12-13H,4-7H2,1-3H3. The average Bonchev–Trinajstić information content (AvgIpc) is 2.03. The maximum atomic E-state index is 9.72. The van der Waals surface area contributed by atoms with Gasteiger partial charge < -0.3 is 10.2 Å². The van der Waals surface area contributed by atoms with Crippen LogP contribution in [0.15, 0.2) is 0 Å². The molecule has 2 unspecified atom stereocenters. The summed E-state index contributed by atoms with van der Waals surface area (Å²) in [5, 5.41) is 19.1. The highest BCUT2D eigenvalue weighted by molar-refractivity contribution is 4.84. The third-order valence-corrected chi connectivity index (χ3v) is 3.15.